The number of hydrogen-bond acceptors (Lipinski definition) is 6. The molecule has 22 heavy (non-hydrogen) atoms. The van der Waals surface area contributed by atoms with Crippen LogP contribution in [0.3, 0.4) is 0 Å². The van der Waals surface area contributed by atoms with Crippen LogP contribution in [-0.2, 0) is 0 Å². The maximum absolute atomic E-state index is 9.70. The topological polar surface area (TPSA) is 83.6 Å². The van der Waals surface area contributed by atoms with E-state index in [1.165, 1.54) is 38.8 Å². The van der Waals surface area contributed by atoms with Gasteiger partial charge in [-0.15, -0.1) is 0 Å². The molecule has 0 fully saturated rings. The molecule has 0 atom stereocenters. The summed E-state index contributed by atoms with van der Waals surface area (Å²) in [5.41, 5.74) is 0.956. The Morgan fingerprint density at radius 2 is 1.18 bits per heavy atom. The number of ether oxygens (including phenoxy) is 2. The minimum atomic E-state index is 0.0731. The lowest BCUT2D eigenvalue weighted by molar-refractivity contribution is 0.412. The molecule has 0 saturated carbocycles. The van der Waals surface area contributed by atoms with Crippen LogP contribution in [0, 0.1) is 0 Å². The van der Waals surface area contributed by atoms with Gasteiger partial charge in [-0.1, -0.05) is 0 Å². The van der Waals surface area contributed by atoms with Crippen molar-refractivity contribution in [3.05, 3.63) is 47.5 Å². The second-order valence-corrected chi connectivity index (χ2v) is 4.34. The molecular formula is C16H16N2O4. The van der Waals surface area contributed by atoms with Crippen LogP contribution in [0.2, 0.25) is 0 Å². The standard InChI is InChI=1S/C16H16N2O4/c1-21-13-3-5-15(19)11(7-13)9-17-18-10-12-8-14(22-2)4-6-16(12)20/h3-10,19-20H,1-2H3/b17-9+,18-10+. The van der Waals surface area contributed by atoms with Gasteiger partial charge in [0, 0.05) is 11.1 Å². The van der Waals surface area contributed by atoms with Crippen LogP contribution in [0.1, 0.15) is 11.1 Å². The average Bonchev–Trinajstić information content (AvgIpc) is 2.54. The first-order chi connectivity index (χ1) is 10.6. The Balaban J connectivity index is 2.15. The highest BCUT2D eigenvalue weighted by molar-refractivity contribution is 5.86. The summed E-state index contributed by atoms with van der Waals surface area (Å²) in [6.45, 7) is 0. The number of phenolic OH excluding ortho intramolecular Hbond substituents is 2. The molecular weight excluding hydrogens is 284 g/mol. The summed E-state index contributed by atoms with van der Waals surface area (Å²) in [7, 11) is 3.08. The summed E-state index contributed by atoms with van der Waals surface area (Å²) < 4.78 is 10.1. The van der Waals surface area contributed by atoms with E-state index in [1.807, 2.05) is 0 Å². The summed E-state index contributed by atoms with van der Waals surface area (Å²) in [5.74, 6) is 1.36. The third-order valence-corrected chi connectivity index (χ3v) is 2.93. The predicted octanol–water partition coefficient (Wildman–Crippen LogP) is 2.57. The molecule has 114 valence electrons. The molecule has 2 N–H and O–H groups in total. The fraction of sp³-hybridized carbons (Fsp3) is 0.125. The Bertz CT molecular complexity index is 650. The Labute approximate surface area is 128 Å². The van der Waals surface area contributed by atoms with E-state index in [1.54, 1.807) is 24.3 Å². The SMILES string of the molecule is COc1ccc(O)c(/C=N/N=C/c2cc(OC)ccc2O)c1. The van der Waals surface area contributed by atoms with Crippen molar-refractivity contribution in [3.8, 4) is 23.0 Å². The maximum Gasteiger partial charge on any atom is 0.124 e. The maximum atomic E-state index is 9.70. The lowest BCUT2D eigenvalue weighted by atomic mass is 10.2. The lowest BCUT2D eigenvalue weighted by Gasteiger charge is -2.02. The number of nitrogens with zero attached hydrogens (tertiary/aromatic N) is 2. The van der Waals surface area contributed by atoms with Gasteiger partial charge in [-0.3, -0.25) is 0 Å². The Morgan fingerprint density at radius 1 is 0.773 bits per heavy atom. The number of rotatable bonds is 5. The van der Waals surface area contributed by atoms with E-state index in [4.69, 9.17) is 9.47 Å². The molecule has 0 aliphatic carbocycles. The van der Waals surface area contributed by atoms with Crippen LogP contribution in [0.15, 0.2) is 46.6 Å². The minimum absolute atomic E-state index is 0.0731. The van der Waals surface area contributed by atoms with E-state index in [0.717, 1.165) is 0 Å². The molecule has 6 nitrogen and oxygen atoms in total. The van der Waals surface area contributed by atoms with Gasteiger partial charge >= 0.3 is 0 Å². The van der Waals surface area contributed by atoms with Gasteiger partial charge in [0.05, 0.1) is 26.6 Å². The largest absolute Gasteiger partial charge is 0.507 e. The van der Waals surface area contributed by atoms with Crippen molar-refractivity contribution in [1.29, 1.82) is 0 Å². The average molecular weight is 300 g/mol. The summed E-state index contributed by atoms with van der Waals surface area (Å²) in [6, 6.07) is 9.58. The van der Waals surface area contributed by atoms with Crippen LogP contribution in [0.25, 0.3) is 0 Å². The quantitative estimate of drug-likeness (QED) is 0.656. The first kappa shape index (κ1) is 15.4. The fourth-order valence-corrected chi connectivity index (χ4v) is 1.72. The number of aromatic hydroxyl groups is 2. The van der Waals surface area contributed by atoms with Gasteiger partial charge < -0.3 is 19.7 Å². The normalized spacial score (nSPS) is 11.2. The van der Waals surface area contributed by atoms with Crippen LogP contribution in [0.5, 0.6) is 23.0 Å². The minimum Gasteiger partial charge on any atom is -0.507 e. The molecule has 0 bridgehead atoms. The van der Waals surface area contributed by atoms with Crippen molar-refractivity contribution < 1.29 is 19.7 Å². The van der Waals surface area contributed by atoms with Gasteiger partial charge in [0.25, 0.3) is 0 Å². The monoisotopic (exact) mass is 300 g/mol. The molecule has 0 spiro atoms. The smallest absolute Gasteiger partial charge is 0.124 e. The molecule has 2 rings (SSSR count). The van der Waals surface area contributed by atoms with Crippen molar-refractivity contribution in [3.63, 3.8) is 0 Å². The van der Waals surface area contributed by atoms with E-state index in [-0.39, 0.29) is 11.5 Å². The predicted molar refractivity (Wildman–Crippen MR) is 84.5 cm³/mol. The molecule has 0 saturated heterocycles. The highest BCUT2D eigenvalue weighted by atomic mass is 16.5. The van der Waals surface area contributed by atoms with Gasteiger partial charge in [0.1, 0.15) is 23.0 Å². The number of methoxy groups -OCH3 is 2. The zero-order valence-electron chi connectivity index (χ0n) is 12.2. The lowest BCUT2D eigenvalue weighted by Crippen LogP contribution is -1.88. The van der Waals surface area contributed by atoms with Gasteiger partial charge in [0.2, 0.25) is 0 Å². The van der Waals surface area contributed by atoms with E-state index in [0.29, 0.717) is 22.6 Å². The Hall–Kier alpha value is -3.02. The molecule has 2 aromatic rings. The van der Waals surface area contributed by atoms with E-state index in [9.17, 15) is 10.2 Å². The second kappa shape index (κ2) is 7.12. The summed E-state index contributed by atoms with van der Waals surface area (Å²) in [4.78, 5) is 0. The number of benzene rings is 2. The van der Waals surface area contributed by atoms with E-state index in [2.05, 4.69) is 10.2 Å². The number of phenols is 2. The number of hydrogen-bond donors (Lipinski definition) is 2. The highest BCUT2D eigenvalue weighted by Gasteiger charge is 2.01. The summed E-state index contributed by atoms with van der Waals surface area (Å²) >= 11 is 0. The summed E-state index contributed by atoms with van der Waals surface area (Å²) in [6.07, 6.45) is 2.79. The Kier molecular flexibility index (Phi) is 4.98. The van der Waals surface area contributed by atoms with E-state index >= 15 is 0 Å². The van der Waals surface area contributed by atoms with Crippen molar-refractivity contribution in [2.24, 2.45) is 10.2 Å². The first-order valence-electron chi connectivity index (χ1n) is 6.44. The van der Waals surface area contributed by atoms with E-state index < -0.39 is 0 Å². The molecule has 0 amide bonds. The molecule has 0 aliphatic heterocycles. The molecule has 0 heterocycles. The van der Waals surface area contributed by atoms with Gasteiger partial charge in [-0.25, -0.2) is 0 Å². The van der Waals surface area contributed by atoms with Gasteiger partial charge in [0.15, 0.2) is 0 Å². The molecule has 0 radical (unpaired) electrons. The van der Waals surface area contributed by atoms with Crippen LogP contribution >= 0.6 is 0 Å². The van der Waals surface area contributed by atoms with Crippen LogP contribution in [0.4, 0.5) is 0 Å². The van der Waals surface area contributed by atoms with Gasteiger partial charge in [-0.05, 0) is 36.4 Å². The van der Waals surface area contributed by atoms with Crippen molar-refractivity contribution in [2.75, 3.05) is 14.2 Å². The van der Waals surface area contributed by atoms with Crippen molar-refractivity contribution in [2.45, 2.75) is 0 Å². The third kappa shape index (κ3) is 3.76. The summed E-state index contributed by atoms with van der Waals surface area (Å²) in [5, 5.41) is 27.1. The molecule has 0 aromatic heterocycles. The molecule has 0 unspecified atom stereocenters. The van der Waals surface area contributed by atoms with Crippen LogP contribution in [-0.4, -0.2) is 36.9 Å². The Morgan fingerprint density at radius 3 is 1.55 bits per heavy atom. The zero-order chi connectivity index (χ0) is 15.9. The van der Waals surface area contributed by atoms with Crippen LogP contribution < -0.4 is 9.47 Å². The second-order valence-electron chi connectivity index (χ2n) is 4.34. The molecule has 2 aromatic carbocycles. The van der Waals surface area contributed by atoms with Gasteiger partial charge in [-0.2, -0.15) is 10.2 Å². The first-order valence-corrected chi connectivity index (χ1v) is 6.44. The zero-order valence-corrected chi connectivity index (χ0v) is 12.2. The fourth-order valence-electron chi connectivity index (χ4n) is 1.72. The third-order valence-electron chi connectivity index (χ3n) is 2.93. The van der Waals surface area contributed by atoms with Crippen molar-refractivity contribution >= 4 is 12.4 Å². The highest BCUT2D eigenvalue weighted by Crippen LogP contribution is 2.22. The van der Waals surface area contributed by atoms with Crippen molar-refractivity contribution in [1.82, 2.24) is 0 Å². The molecule has 6 heteroatoms. The molecule has 0 aliphatic rings.